The lowest BCUT2D eigenvalue weighted by molar-refractivity contribution is 0.312. The number of H-pyrrole nitrogens is 1. The molecule has 0 atom stereocenters. The highest BCUT2D eigenvalue weighted by molar-refractivity contribution is 5.91. The topological polar surface area (TPSA) is 28.3 Å². The van der Waals surface area contributed by atoms with Crippen molar-refractivity contribution in [3.63, 3.8) is 0 Å². The number of hydrogen-bond acceptors (Lipinski definition) is 2. The van der Waals surface area contributed by atoms with E-state index in [4.69, 9.17) is 4.74 Å². The van der Waals surface area contributed by atoms with E-state index in [1.54, 1.807) is 0 Å². The summed E-state index contributed by atoms with van der Waals surface area (Å²) in [5.74, 6) is 0.918. The monoisotopic (exact) mass is 306 g/mol. The molecule has 3 nitrogen and oxygen atoms in total. The van der Waals surface area contributed by atoms with E-state index in [1.807, 2.05) is 18.3 Å². The summed E-state index contributed by atoms with van der Waals surface area (Å²) in [5.41, 5.74) is 3.30. The van der Waals surface area contributed by atoms with E-state index in [2.05, 4.69) is 30.9 Å². The van der Waals surface area contributed by atoms with Crippen LogP contribution in [0.5, 0.6) is 5.75 Å². The number of nitrogens with one attached hydrogen (secondary N) is 1. The Hall–Kier alpha value is -1.55. The van der Waals surface area contributed by atoms with E-state index >= 15 is 0 Å². The Bertz CT molecular complexity index is 592. The maximum absolute atomic E-state index is 12.8. The third kappa shape index (κ3) is 4.01. The van der Waals surface area contributed by atoms with Crippen molar-refractivity contribution < 1.29 is 9.13 Å². The van der Waals surface area contributed by atoms with Crippen LogP contribution >= 0.6 is 0 Å². The van der Waals surface area contributed by atoms with Gasteiger partial charge >= 0.3 is 0 Å². The first-order valence-corrected chi connectivity index (χ1v) is 8.12. The van der Waals surface area contributed by atoms with Crippen LogP contribution in [0.25, 0.3) is 10.9 Å². The molecule has 0 aliphatic rings. The molecule has 122 valence electrons. The first-order chi connectivity index (χ1) is 10.7. The van der Waals surface area contributed by atoms with Gasteiger partial charge in [0.2, 0.25) is 0 Å². The highest BCUT2D eigenvalue weighted by atomic mass is 19.1. The summed E-state index contributed by atoms with van der Waals surface area (Å²) in [5, 5.41) is 1.13. The average molecular weight is 306 g/mol. The predicted octanol–water partition coefficient (Wildman–Crippen LogP) is 3.96. The summed E-state index contributed by atoms with van der Waals surface area (Å²) in [4.78, 5) is 5.50. The molecule has 1 heterocycles. The Balaban J connectivity index is 2.35. The first kappa shape index (κ1) is 16.8. The molecule has 0 saturated carbocycles. The molecule has 0 saturated heterocycles. The maximum Gasteiger partial charge on any atom is 0.128 e. The molecule has 2 rings (SSSR count). The van der Waals surface area contributed by atoms with Gasteiger partial charge in [0.05, 0.1) is 18.8 Å². The quantitative estimate of drug-likeness (QED) is 0.710. The number of hydrogen-bond donors (Lipinski definition) is 1. The van der Waals surface area contributed by atoms with Gasteiger partial charge in [0.25, 0.3) is 0 Å². The van der Waals surface area contributed by atoms with Crippen LogP contribution in [0.4, 0.5) is 4.39 Å². The highest BCUT2D eigenvalue weighted by Gasteiger charge is 2.13. The van der Waals surface area contributed by atoms with E-state index in [-0.39, 0.29) is 6.67 Å². The molecule has 1 aromatic carbocycles. The fourth-order valence-corrected chi connectivity index (χ4v) is 2.64. The number of nitrogens with zero attached hydrogens (tertiary/aromatic N) is 1. The lowest BCUT2D eigenvalue weighted by Crippen LogP contribution is -2.14. The van der Waals surface area contributed by atoms with Gasteiger partial charge in [-0.05, 0) is 44.1 Å². The zero-order chi connectivity index (χ0) is 15.9. The SMILES string of the molecule is CCCCOc1ccc(CCF)c2[nH]cc(CCN(C)C)c12. The molecule has 0 aliphatic carbocycles. The van der Waals surface area contributed by atoms with Crippen molar-refractivity contribution in [2.24, 2.45) is 0 Å². The third-order valence-electron chi connectivity index (χ3n) is 3.91. The summed E-state index contributed by atoms with van der Waals surface area (Å²) < 4.78 is 18.7. The van der Waals surface area contributed by atoms with Crippen LogP contribution in [-0.2, 0) is 12.8 Å². The standard InChI is InChI=1S/C18H27FN2O/c1-4-5-12-22-16-7-6-14(8-10-19)18-17(16)15(13-20-18)9-11-21(2)3/h6-7,13,20H,4-5,8-12H2,1-3H3. The molecular formula is C18H27FN2O. The van der Waals surface area contributed by atoms with Crippen molar-refractivity contribution in [1.29, 1.82) is 0 Å². The van der Waals surface area contributed by atoms with Gasteiger partial charge in [0, 0.05) is 24.5 Å². The normalized spacial score (nSPS) is 11.5. The molecule has 22 heavy (non-hydrogen) atoms. The zero-order valence-electron chi connectivity index (χ0n) is 13.9. The number of halogens is 1. The lowest BCUT2D eigenvalue weighted by atomic mass is 10.0. The summed E-state index contributed by atoms with van der Waals surface area (Å²) in [6.45, 7) is 3.53. The minimum absolute atomic E-state index is 0.336. The number of unbranched alkanes of at least 4 members (excludes halogenated alkanes) is 1. The summed E-state index contributed by atoms with van der Waals surface area (Å²) >= 11 is 0. The summed E-state index contributed by atoms with van der Waals surface area (Å²) in [7, 11) is 4.14. The molecule has 0 radical (unpaired) electrons. The summed E-state index contributed by atoms with van der Waals surface area (Å²) in [6.07, 6.45) is 5.60. The van der Waals surface area contributed by atoms with Crippen molar-refractivity contribution in [1.82, 2.24) is 9.88 Å². The van der Waals surface area contributed by atoms with Gasteiger partial charge in [-0.15, -0.1) is 0 Å². The third-order valence-corrected chi connectivity index (χ3v) is 3.91. The van der Waals surface area contributed by atoms with E-state index in [1.165, 1.54) is 5.56 Å². The molecule has 1 aromatic heterocycles. The van der Waals surface area contributed by atoms with E-state index in [0.29, 0.717) is 6.42 Å². The van der Waals surface area contributed by atoms with Gasteiger partial charge in [-0.25, -0.2) is 0 Å². The van der Waals surface area contributed by atoms with Gasteiger partial charge < -0.3 is 14.6 Å². The number of aromatic amines is 1. The zero-order valence-corrected chi connectivity index (χ0v) is 13.9. The van der Waals surface area contributed by atoms with Crippen molar-refractivity contribution >= 4 is 10.9 Å². The minimum Gasteiger partial charge on any atom is -0.493 e. The van der Waals surface area contributed by atoms with Gasteiger partial charge in [-0.2, -0.15) is 0 Å². The number of ether oxygens (including phenoxy) is 1. The van der Waals surface area contributed by atoms with Crippen LogP contribution in [0.15, 0.2) is 18.3 Å². The van der Waals surface area contributed by atoms with Crippen molar-refractivity contribution in [2.45, 2.75) is 32.6 Å². The molecule has 0 fully saturated rings. The molecule has 0 unspecified atom stereocenters. The Kier molecular flexibility index (Phi) is 6.25. The number of benzene rings is 1. The number of aromatic nitrogens is 1. The van der Waals surface area contributed by atoms with Gasteiger partial charge in [-0.3, -0.25) is 4.39 Å². The van der Waals surface area contributed by atoms with Crippen molar-refractivity contribution in [3.8, 4) is 5.75 Å². The number of rotatable bonds is 9. The van der Waals surface area contributed by atoms with Crippen molar-refractivity contribution in [2.75, 3.05) is 33.9 Å². The second-order valence-electron chi connectivity index (χ2n) is 5.98. The second-order valence-corrected chi connectivity index (χ2v) is 5.98. The van der Waals surface area contributed by atoms with Crippen LogP contribution < -0.4 is 4.74 Å². The van der Waals surface area contributed by atoms with Crippen LogP contribution in [0.2, 0.25) is 0 Å². The minimum atomic E-state index is -0.336. The number of likely N-dealkylation sites (N-methyl/N-ethyl adjacent to an activating group) is 1. The average Bonchev–Trinajstić information content (AvgIpc) is 2.92. The van der Waals surface area contributed by atoms with E-state index in [0.717, 1.165) is 54.6 Å². The Morgan fingerprint density at radius 2 is 2.00 bits per heavy atom. The summed E-state index contributed by atoms with van der Waals surface area (Å²) in [6, 6.07) is 3.98. The van der Waals surface area contributed by atoms with Gasteiger partial charge in [0.15, 0.2) is 0 Å². The van der Waals surface area contributed by atoms with Crippen molar-refractivity contribution in [3.05, 3.63) is 29.5 Å². The number of fused-ring (bicyclic) bond motifs is 1. The number of alkyl halides is 1. The van der Waals surface area contributed by atoms with E-state index < -0.39 is 0 Å². The van der Waals surface area contributed by atoms with Crippen LogP contribution in [0.3, 0.4) is 0 Å². The lowest BCUT2D eigenvalue weighted by Gasteiger charge is -2.12. The van der Waals surface area contributed by atoms with Crippen LogP contribution in [0.1, 0.15) is 30.9 Å². The highest BCUT2D eigenvalue weighted by Crippen LogP contribution is 2.32. The molecule has 0 spiro atoms. The van der Waals surface area contributed by atoms with Gasteiger partial charge in [0.1, 0.15) is 5.75 Å². The Morgan fingerprint density at radius 1 is 1.18 bits per heavy atom. The number of aryl methyl sites for hydroxylation is 1. The molecule has 4 heteroatoms. The maximum atomic E-state index is 12.8. The molecule has 2 aromatic rings. The molecule has 1 N–H and O–H groups in total. The second kappa shape index (κ2) is 8.18. The van der Waals surface area contributed by atoms with Crippen LogP contribution in [-0.4, -0.2) is 43.8 Å². The molecular weight excluding hydrogens is 279 g/mol. The Labute approximate surface area is 132 Å². The largest absolute Gasteiger partial charge is 0.493 e. The first-order valence-electron chi connectivity index (χ1n) is 8.12. The van der Waals surface area contributed by atoms with E-state index in [9.17, 15) is 4.39 Å². The van der Waals surface area contributed by atoms with Crippen LogP contribution in [0, 0.1) is 0 Å². The molecule has 0 aliphatic heterocycles. The molecule has 0 amide bonds. The smallest absolute Gasteiger partial charge is 0.128 e. The predicted molar refractivity (Wildman–Crippen MR) is 90.6 cm³/mol. The Morgan fingerprint density at radius 3 is 2.68 bits per heavy atom. The fourth-order valence-electron chi connectivity index (χ4n) is 2.64. The van der Waals surface area contributed by atoms with Gasteiger partial charge in [-0.1, -0.05) is 19.4 Å². The fraction of sp³-hybridized carbons (Fsp3) is 0.556. The molecule has 0 bridgehead atoms.